The first kappa shape index (κ1) is 8.74. The zero-order valence-corrected chi connectivity index (χ0v) is 7.27. The molecule has 0 radical (unpaired) electrons. The van der Waals surface area contributed by atoms with Crippen LogP contribution < -0.4 is 4.74 Å². The standard InChI is InChI=1S/C10H8O4/c11-9-5-7(10(12)13)6-3-1-2-4-8(6)14-9/h1-4,7H,5H2,(H,12,13). The molecule has 1 aromatic rings. The van der Waals surface area contributed by atoms with Gasteiger partial charge in [0.25, 0.3) is 0 Å². The number of hydrogen-bond donors (Lipinski definition) is 1. The lowest BCUT2D eigenvalue weighted by atomic mass is 9.93. The second-order valence-corrected chi connectivity index (χ2v) is 3.11. The quantitative estimate of drug-likeness (QED) is 0.535. The molecule has 0 bridgehead atoms. The summed E-state index contributed by atoms with van der Waals surface area (Å²) in [6, 6.07) is 6.70. The summed E-state index contributed by atoms with van der Waals surface area (Å²) in [5.74, 6) is -1.89. The Morgan fingerprint density at radius 1 is 1.43 bits per heavy atom. The van der Waals surface area contributed by atoms with Crippen molar-refractivity contribution in [2.24, 2.45) is 0 Å². The van der Waals surface area contributed by atoms with Crippen molar-refractivity contribution in [3.63, 3.8) is 0 Å². The summed E-state index contributed by atoms with van der Waals surface area (Å²) in [6.07, 6.45) is -0.0909. The lowest BCUT2D eigenvalue weighted by molar-refractivity contribution is -0.145. The molecule has 1 heterocycles. The lowest BCUT2D eigenvalue weighted by Gasteiger charge is -2.20. The van der Waals surface area contributed by atoms with Gasteiger partial charge in [0.15, 0.2) is 0 Å². The molecule has 0 saturated carbocycles. The minimum atomic E-state index is -0.992. The second kappa shape index (κ2) is 3.14. The first-order valence-corrected chi connectivity index (χ1v) is 4.21. The molecule has 0 aromatic heterocycles. The molecule has 0 fully saturated rings. The first-order valence-electron chi connectivity index (χ1n) is 4.21. The Kier molecular flexibility index (Phi) is 1.96. The van der Waals surface area contributed by atoms with Gasteiger partial charge in [-0.15, -0.1) is 0 Å². The minimum absolute atomic E-state index is 0.0909. The van der Waals surface area contributed by atoms with Gasteiger partial charge in [-0.25, -0.2) is 0 Å². The van der Waals surface area contributed by atoms with Gasteiger partial charge in [0.05, 0.1) is 12.3 Å². The molecular formula is C10H8O4. The zero-order chi connectivity index (χ0) is 10.1. The second-order valence-electron chi connectivity index (χ2n) is 3.11. The van der Waals surface area contributed by atoms with Crippen molar-refractivity contribution in [1.82, 2.24) is 0 Å². The fraction of sp³-hybridized carbons (Fsp3) is 0.200. The number of para-hydroxylation sites is 1. The van der Waals surface area contributed by atoms with E-state index < -0.39 is 17.9 Å². The summed E-state index contributed by atoms with van der Waals surface area (Å²) < 4.78 is 4.91. The maximum absolute atomic E-state index is 11.1. The first-order chi connectivity index (χ1) is 6.68. The normalized spacial score (nSPS) is 19.7. The van der Waals surface area contributed by atoms with Gasteiger partial charge in [-0.3, -0.25) is 9.59 Å². The number of esters is 1. The van der Waals surface area contributed by atoms with Crippen LogP contribution in [0.2, 0.25) is 0 Å². The van der Waals surface area contributed by atoms with Crippen molar-refractivity contribution in [3.8, 4) is 5.75 Å². The Hall–Kier alpha value is -1.84. The van der Waals surface area contributed by atoms with Gasteiger partial charge in [-0.05, 0) is 6.07 Å². The molecular weight excluding hydrogens is 184 g/mol. The van der Waals surface area contributed by atoms with Gasteiger partial charge >= 0.3 is 11.9 Å². The molecule has 1 aliphatic heterocycles. The van der Waals surface area contributed by atoms with Crippen molar-refractivity contribution < 1.29 is 19.4 Å². The van der Waals surface area contributed by atoms with Crippen LogP contribution in [0.15, 0.2) is 24.3 Å². The van der Waals surface area contributed by atoms with Crippen LogP contribution in [-0.4, -0.2) is 17.0 Å². The fourth-order valence-corrected chi connectivity index (χ4v) is 1.52. The molecule has 1 atom stereocenters. The van der Waals surface area contributed by atoms with E-state index in [1.54, 1.807) is 24.3 Å². The van der Waals surface area contributed by atoms with Crippen LogP contribution in [0.5, 0.6) is 5.75 Å². The third-order valence-corrected chi connectivity index (χ3v) is 2.19. The molecule has 2 rings (SSSR count). The Morgan fingerprint density at radius 3 is 2.86 bits per heavy atom. The van der Waals surface area contributed by atoms with E-state index in [9.17, 15) is 9.59 Å². The molecule has 0 saturated heterocycles. The van der Waals surface area contributed by atoms with E-state index in [4.69, 9.17) is 9.84 Å². The largest absolute Gasteiger partial charge is 0.481 e. The van der Waals surface area contributed by atoms with Gasteiger partial charge < -0.3 is 9.84 Å². The zero-order valence-electron chi connectivity index (χ0n) is 7.27. The summed E-state index contributed by atoms with van der Waals surface area (Å²) in [5, 5.41) is 8.90. The summed E-state index contributed by atoms with van der Waals surface area (Å²) in [6.45, 7) is 0. The van der Waals surface area contributed by atoms with Gasteiger partial charge in [0, 0.05) is 5.56 Å². The van der Waals surface area contributed by atoms with E-state index in [-0.39, 0.29) is 6.42 Å². The number of carboxylic acids is 1. The summed E-state index contributed by atoms with van der Waals surface area (Å²) >= 11 is 0. The molecule has 4 heteroatoms. The number of ether oxygens (including phenoxy) is 1. The number of benzene rings is 1. The fourth-order valence-electron chi connectivity index (χ4n) is 1.52. The number of rotatable bonds is 1. The highest BCUT2D eigenvalue weighted by Gasteiger charge is 2.31. The lowest BCUT2D eigenvalue weighted by Crippen LogP contribution is -2.25. The maximum Gasteiger partial charge on any atom is 0.312 e. The topological polar surface area (TPSA) is 63.6 Å². The predicted molar refractivity (Wildman–Crippen MR) is 47.1 cm³/mol. The van der Waals surface area contributed by atoms with Crippen molar-refractivity contribution in [1.29, 1.82) is 0 Å². The van der Waals surface area contributed by atoms with Crippen LogP contribution in [0.4, 0.5) is 0 Å². The molecule has 0 spiro atoms. The molecule has 0 amide bonds. The summed E-state index contributed by atoms with van der Waals surface area (Å²) in [7, 11) is 0. The van der Waals surface area contributed by atoms with Gasteiger partial charge in [-0.2, -0.15) is 0 Å². The highest BCUT2D eigenvalue weighted by atomic mass is 16.5. The number of carboxylic acid groups (broad SMARTS) is 1. The van der Waals surface area contributed by atoms with E-state index in [2.05, 4.69) is 0 Å². The van der Waals surface area contributed by atoms with Crippen LogP contribution in [-0.2, 0) is 9.59 Å². The smallest absolute Gasteiger partial charge is 0.312 e. The average Bonchev–Trinajstić information content (AvgIpc) is 2.16. The Balaban J connectivity index is 2.48. The highest BCUT2D eigenvalue weighted by molar-refractivity contribution is 5.87. The SMILES string of the molecule is O=C1CC(C(=O)O)c2ccccc2O1. The van der Waals surface area contributed by atoms with E-state index >= 15 is 0 Å². The third-order valence-electron chi connectivity index (χ3n) is 2.19. The average molecular weight is 192 g/mol. The summed E-state index contributed by atoms with van der Waals surface area (Å²) in [5.41, 5.74) is 0.569. The minimum Gasteiger partial charge on any atom is -0.481 e. The van der Waals surface area contributed by atoms with Crippen LogP contribution in [0.25, 0.3) is 0 Å². The molecule has 0 aliphatic carbocycles. The van der Waals surface area contributed by atoms with Crippen LogP contribution in [0.3, 0.4) is 0 Å². The Morgan fingerprint density at radius 2 is 2.14 bits per heavy atom. The van der Waals surface area contributed by atoms with E-state index in [0.717, 1.165) is 0 Å². The number of carbonyl (C=O) groups excluding carboxylic acids is 1. The van der Waals surface area contributed by atoms with Gasteiger partial charge in [0.2, 0.25) is 0 Å². The van der Waals surface area contributed by atoms with Crippen LogP contribution in [0.1, 0.15) is 17.9 Å². The molecule has 1 N–H and O–H groups in total. The maximum atomic E-state index is 11.1. The van der Waals surface area contributed by atoms with E-state index in [1.807, 2.05) is 0 Å². The van der Waals surface area contributed by atoms with Crippen LogP contribution in [0, 0.1) is 0 Å². The number of hydrogen-bond acceptors (Lipinski definition) is 3. The molecule has 72 valence electrons. The molecule has 4 nitrogen and oxygen atoms in total. The highest BCUT2D eigenvalue weighted by Crippen LogP contribution is 2.33. The van der Waals surface area contributed by atoms with Gasteiger partial charge in [-0.1, -0.05) is 18.2 Å². The predicted octanol–water partition coefficient (Wildman–Crippen LogP) is 1.16. The molecule has 14 heavy (non-hydrogen) atoms. The molecule has 1 aliphatic rings. The van der Waals surface area contributed by atoms with Crippen molar-refractivity contribution in [2.45, 2.75) is 12.3 Å². The Bertz CT molecular complexity index is 397. The number of fused-ring (bicyclic) bond motifs is 1. The van der Waals surface area contributed by atoms with E-state index in [0.29, 0.717) is 11.3 Å². The number of carbonyl (C=O) groups is 2. The third kappa shape index (κ3) is 1.35. The van der Waals surface area contributed by atoms with Crippen molar-refractivity contribution >= 4 is 11.9 Å². The van der Waals surface area contributed by atoms with Gasteiger partial charge in [0.1, 0.15) is 5.75 Å². The van der Waals surface area contributed by atoms with Crippen LogP contribution >= 0.6 is 0 Å². The molecule has 1 aromatic carbocycles. The Labute approximate surface area is 80.1 Å². The van der Waals surface area contributed by atoms with Crippen molar-refractivity contribution in [3.05, 3.63) is 29.8 Å². The number of aliphatic carboxylic acids is 1. The van der Waals surface area contributed by atoms with E-state index in [1.165, 1.54) is 0 Å². The van der Waals surface area contributed by atoms with Crippen molar-refractivity contribution in [2.75, 3.05) is 0 Å². The monoisotopic (exact) mass is 192 g/mol. The molecule has 1 unspecified atom stereocenters. The summed E-state index contributed by atoms with van der Waals surface area (Å²) in [4.78, 5) is 21.9.